The van der Waals surface area contributed by atoms with Crippen LogP contribution in [0.15, 0.2) is 35.6 Å². The molecule has 0 aromatic carbocycles. The number of amides is 1. The molecule has 10 nitrogen and oxygen atoms in total. The van der Waals surface area contributed by atoms with E-state index in [1.807, 2.05) is 0 Å². The molecule has 2 aliphatic rings. The van der Waals surface area contributed by atoms with Gasteiger partial charge in [-0.2, -0.15) is 10.2 Å². The number of H-pyrrole nitrogens is 1. The molecule has 0 saturated heterocycles. The minimum Gasteiger partial charge on any atom is -0.473 e. The molecule has 6 rings (SSSR count). The van der Waals surface area contributed by atoms with E-state index in [0.29, 0.717) is 44.8 Å². The largest absolute Gasteiger partial charge is 0.473 e. The van der Waals surface area contributed by atoms with Crippen LogP contribution in [-0.2, 0) is 10.2 Å². The summed E-state index contributed by atoms with van der Waals surface area (Å²) in [6.07, 6.45) is 6.21. The van der Waals surface area contributed by atoms with Gasteiger partial charge < -0.3 is 10.1 Å². The van der Waals surface area contributed by atoms with Crippen LogP contribution in [0.2, 0.25) is 15.3 Å². The van der Waals surface area contributed by atoms with Gasteiger partial charge in [0.2, 0.25) is 11.8 Å². The van der Waals surface area contributed by atoms with Gasteiger partial charge in [-0.25, -0.2) is 19.5 Å². The molecule has 4 heterocycles. The Morgan fingerprint density at radius 2 is 2.00 bits per heavy atom. The lowest BCUT2D eigenvalue weighted by Gasteiger charge is -2.19. The molecule has 1 atom stereocenters. The molecule has 2 aliphatic carbocycles. The van der Waals surface area contributed by atoms with E-state index in [0.717, 1.165) is 24.1 Å². The molecule has 13 heteroatoms. The van der Waals surface area contributed by atoms with E-state index in [9.17, 15) is 4.79 Å². The third-order valence-electron chi connectivity index (χ3n) is 6.10. The fraction of sp³-hybridized carbons (Fsp3) is 0.333. The molecular weight excluding hydrogens is 539 g/mol. The first-order valence-electron chi connectivity index (χ1n) is 11.5. The Kier molecular flexibility index (Phi) is 6.82. The molecule has 1 saturated carbocycles. The smallest absolute Gasteiger partial charge is 0.232 e. The lowest BCUT2D eigenvalue weighted by molar-refractivity contribution is -0.117. The monoisotopic (exact) mass is 560 g/mol. The number of aromatic nitrogens is 6. The molecule has 1 unspecified atom stereocenters. The molecule has 0 spiro atoms. The molecule has 1 amide bonds. The Hall–Kier alpha value is -3.21. The second kappa shape index (κ2) is 9.92. The number of nitrogens with zero attached hydrogens (tertiary/aromatic N) is 6. The molecule has 0 bridgehead atoms. The van der Waals surface area contributed by atoms with Crippen molar-refractivity contribution in [3.05, 3.63) is 57.2 Å². The van der Waals surface area contributed by atoms with E-state index in [1.54, 1.807) is 35.1 Å². The van der Waals surface area contributed by atoms with Gasteiger partial charge in [0, 0.05) is 29.3 Å². The van der Waals surface area contributed by atoms with Crippen LogP contribution in [0.3, 0.4) is 0 Å². The molecule has 192 valence electrons. The standard InChI is InChI=1S/C20H19Cl2N5O2.C4H4ClN3/c1-20(2)7-12(13-9-23-16-6-15(22)26-27(16)17(13)20)18(28)25-10-5-14(21)19(24-8-10)29-11-3-4-11;1-6-4-2-3(5)7-8-4/h5-6,8-9,11-12H,3-4,7H2,1-2H3,(H,25,28);2H,1H2,(H,7,8). The summed E-state index contributed by atoms with van der Waals surface area (Å²) < 4.78 is 7.39. The average Bonchev–Trinajstić information content (AvgIpc) is 3.31. The molecular formula is C24H23Cl3N8O2. The van der Waals surface area contributed by atoms with Crippen molar-refractivity contribution < 1.29 is 9.53 Å². The Labute approximate surface area is 227 Å². The van der Waals surface area contributed by atoms with Crippen molar-refractivity contribution in [3.63, 3.8) is 0 Å². The van der Waals surface area contributed by atoms with E-state index < -0.39 is 0 Å². The highest BCUT2D eigenvalue weighted by atomic mass is 35.5. The van der Waals surface area contributed by atoms with Crippen molar-refractivity contribution in [2.75, 3.05) is 5.32 Å². The molecule has 0 radical (unpaired) electrons. The topological polar surface area (TPSA) is 122 Å². The normalized spacial score (nSPS) is 17.6. The van der Waals surface area contributed by atoms with E-state index in [2.05, 4.69) is 56.1 Å². The van der Waals surface area contributed by atoms with Crippen molar-refractivity contribution in [2.24, 2.45) is 4.99 Å². The van der Waals surface area contributed by atoms with Crippen molar-refractivity contribution in [3.8, 4) is 5.88 Å². The Balaban J connectivity index is 0.000000301. The lowest BCUT2D eigenvalue weighted by atomic mass is 9.88. The number of hydrogen-bond acceptors (Lipinski definition) is 7. The number of nitrogens with one attached hydrogen (secondary N) is 2. The summed E-state index contributed by atoms with van der Waals surface area (Å²) >= 11 is 17.8. The van der Waals surface area contributed by atoms with Crippen LogP contribution in [0.5, 0.6) is 5.88 Å². The van der Waals surface area contributed by atoms with Gasteiger partial charge in [-0.05, 0) is 32.0 Å². The van der Waals surface area contributed by atoms with E-state index in [-0.39, 0.29) is 23.3 Å². The molecule has 0 aliphatic heterocycles. The van der Waals surface area contributed by atoms with Crippen molar-refractivity contribution >= 4 is 64.6 Å². The molecule has 1 fully saturated rings. The molecule has 37 heavy (non-hydrogen) atoms. The number of ether oxygens (including phenoxy) is 1. The van der Waals surface area contributed by atoms with Gasteiger partial charge in [0.15, 0.2) is 16.6 Å². The van der Waals surface area contributed by atoms with Crippen LogP contribution < -0.4 is 10.1 Å². The molecule has 2 N–H and O–H groups in total. The lowest BCUT2D eigenvalue weighted by Crippen LogP contribution is -2.21. The maximum atomic E-state index is 13.1. The number of rotatable bonds is 5. The van der Waals surface area contributed by atoms with Crippen molar-refractivity contribution in [1.29, 1.82) is 0 Å². The SMILES string of the molecule is C=Nc1cc(Cl)[nH]n1.CC1(C)CC(C(=O)Nc2cnc(OC3CC3)c(Cl)c2)c2cnc3cc(Cl)nn3c21. The first kappa shape index (κ1) is 25.4. The Bertz CT molecular complexity index is 1490. The summed E-state index contributed by atoms with van der Waals surface area (Å²) in [7, 11) is 0. The summed E-state index contributed by atoms with van der Waals surface area (Å²) in [5.74, 6) is 0.433. The highest BCUT2D eigenvalue weighted by Crippen LogP contribution is 2.46. The third kappa shape index (κ3) is 5.41. The first-order valence-corrected chi connectivity index (χ1v) is 12.6. The minimum absolute atomic E-state index is 0.134. The average molecular weight is 562 g/mol. The fourth-order valence-electron chi connectivity index (χ4n) is 4.33. The Morgan fingerprint density at radius 1 is 1.22 bits per heavy atom. The third-order valence-corrected chi connectivity index (χ3v) is 6.75. The number of halogens is 3. The number of pyridine rings is 1. The van der Waals surface area contributed by atoms with Gasteiger partial charge in [-0.1, -0.05) is 48.7 Å². The summed E-state index contributed by atoms with van der Waals surface area (Å²) in [5.41, 5.74) is 2.76. The first-order chi connectivity index (χ1) is 17.6. The van der Waals surface area contributed by atoms with Crippen molar-refractivity contribution in [1.82, 2.24) is 29.8 Å². The van der Waals surface area contributed by atoms with Gasteiger partial charge in [0.25, 0.3) is 0 Å². The zero-order chi connectivity index (χ0) is 26.3. The number of carbonyl (C=O) groups is 1. The number of aromatic amines is 1. The fourth-order valence-corrected chi connectivity index (χ4v) is 4.85. The summed E-state index contributed by atoms with van der Waals surface area (Å²) in [6, 6.07) is 4.97. The summed E-state index contributed by atoms with van der Waals surface area (Å²) in [6.45, 7) is 7.44. The number of hydrogen-bond donors (Lipinski definition) is 2. The van der Waals surface area contributed by atoms with E-state index in [4.69, 9.17) is 39.5 Å². The van der Waals surface area contributed by atoms with Gasteiger partial charge in [-0.15, -0.1) is 0 Å². The number of carbonyl (C=O) groups excluding carboxylic acids is 1. The van der Waals surface area contributed by atoms with Crippen LogP contribution in [0.1, 0.15) is 50.3 Å². The second-order valence-corrected chi connectivity index (χ2v) is 10.7. The van der Waals surface area contributed by atoms with E-state index in [1.165, 1.54) is 0 Å². The van der Waals surface area contributed by atoms with Crippen LogP contribution >= 0.6 is 34.8 Å². The highest BCUT2D eigenvalue weighted by Gasteiger charge is 2.43. The maximum Gasteiger partial charge on any atom is 0.232 e. The van der Waals surface area contributed by atoms with Crippen LogP contribution in [-0.4, -0.2) is 48.5 Å². The summed E-state index contributed by atoms with van der Waals surface area (Å²) in [4.78, 5) is 25.3. The predicted molar refractivity (Wildman–Crippen MR) is 143 cm³/mol. The predicted octanol–water partition coefficient (Wildman–Crippen LogP) is 5.77. The van der Waals surface area contributed by atoms with E-state index >= 15 is 0 Å². The van der Waals surface area contributed by atoms with Crippen LogP contribution in [0, 0.1) is 0 Å². The number of anilines is 1. The second-order valence-electron chi connectivity index (χ2n) is 9.49. The van der Waals surface area contributed by atoms with Crippen molar-refractivity contribution in [2.45, 2.75) is 50.5 Å². The van der Waals surface area contributed by atoms with Gasteiger partial charge in [0.05, 0.1) is 23.5 Å². The number of aliphatic imine (C=N–C) groups is 1. The molecule has 4 aromatic rings. The van der Waals surface area contributed by atoms with Crippen LogP contribution in [0.4, 0.5) is 11.5 Å². The minimum atomic E-state index is -0.360. The zero-order valence-corrected chi connectivity index (χ0v) is 22.3. The Morgan fingerprint density at radius 3 is 2.62 bits per heavy atom. The highest BCUT2D eigenvalue weighted by molar-refractivity contribution is 6.32. The number of fused-ring (bicyclic) bond motifs is 3. The quantitative estimate of drug-likeness (QED) is 0.298. The van der Waals surface area contributed by atoms with Gasteiger partial charge >= 0.3 is 0 Å². The maximum absolute atomic E-state index is 13.1. The van der Waals surface area contributed by atoms with Gasteiger partial charge in [-0.3, -0.25) is 9.89 Å². The summed E-state index contributed by atoms with van der Waals surface area (Å²) in [5, 5.41) is 14.7. The zero-order valence-electron chi connectivity index (χ0n) is 20.0. The molecule has 4 aromatic heterocycles. The van der Waals surface area contributed by atoms with Gasteiger partial charge in [0.1, 0.15) is 16.3 Å². The van der Waals surface area contributed by atoms with Crippen LogP contribution in [0.25, 0.3) is 5.65 Å².